The van der Waals surface area contributed by atoms with Gasteiger partial charge in [0.2, 0.25) is 10.0 Å². The average molecular weight is 410 g/mol. The number of ether oxygens (including phenoxy) is 1. The number of pyridine rings is 1. The largest absolute Gasteiger partial charge is 0.369 e. The highest BCUT2D eigenvalue weighted by atomic mass is 32.2. The number of morpholine rings is 1. The molecule has 1 unspecified atom stereocenters. The average Bonchev–Trinajstić information content (AvgIpc) is 3.16. The first kappa shape index (κ1) is 20.3. The highest BCUT2D eigenvalue weighted by Crippen LogP contribution is 2.29. The molecule has 0 bridgehead atoms. The topological polar surface area (TPSA) is 62.7 Å². The summed E-state index contributed by atoms with van der Waals surface area (Å²) in [5, 5.41) is 2.05. The molecule has 0 aromatic carbocycles. The van der Waals surface area contributed by atoms with Gasteiger partial charge in [-0.05, 0) is 51.3 Å². The molecule has 8 heteroatoms. The molecule has 0 saturated carbocycles. The van der Waals surface area contributed by atoms with Gasteiger partial charge in [-0.15, -0.1) is 11.3 Å². The van der Waals surface area contributed by atoms with Crippen molar-refractivity contribution in [3.63, 3.8) is 0 Å². The highest BCUT2D eigenvalue weighted by molar-refractivity contribution is 7.89. The Morgan fingerprint density at radius 3 is 2.52 bits per heavy atom. The Balaban J connectivity index is 1.79. The lowest BCUT2D eigenvalue weighted by Crippen LogP contribution is -2.42. The van der Waals surface area contributed by atoms with E-state index in [4.69, 9.17) is 4.74 Å². The molecule has 2 aromatic heterocycles. The summed E-state index contributed by atoms with van der Waals surface area (Å²) in [6, 6.07) is 7.33. The van der Waals surface area contributed by atoms with Gasteiger partial charge in [-0.1, -0.05) is 6.07 Å². The minimum atomic E-state index is -3.56. The lowest BCUT2D eigenvalue weighted by molar-refractivity contribution is 0.0418. The monoisotopic (exact) mass is 409 g/mol. The van der Waals surface area contributed by atoms with Crippen LogP contribution in [0.2, 0.25) is 0 Å². The number of aromatic nitrogens is 1. The highest BCUT2D eigenvalue weighted by Gasteiger charge is 2.30. The van der Waals surface area contributed by atoms with E-state index in [9.17, 15) is 8.42 Å². The normalized spacial score (nSPS) is 18.6. The van der Waals surface area contributed by atoms with Crippen LogP contribution in [0.1, 0.15) is 38.7 Å². The van der Waals surface area contributed by atoms with E-state index in [-0.39, 0.29) is 23.1 Å². The summed E-state index contributed by atoms with van der Waals surface area (Å²) in [5.41, 5.74) is 0. The Bertz CT molecular complexity index is 826. The number of thiophene rings is 1. The summed E-state index contributed by atoms with van der Waals surface area (Å²) in [4.78, 5) is 8.03. The van der Waals surface area contributed by atoms with Crippen molar-refractivity contribution < 1.29 is 13.2 Å². The van der Waals surface area contributed by atoms with Gasteiger partial charge in [-0.25, -0.2) is 13.4 Å². The van der Waals surface area contributed by atoms with E-state index in [0.717, 1.165) is 12.4 Å². The molecular weight excluding hydrogens is 382 g/mol. The fraction of sp³-hybridized carbons (Fsp3) is 0.526. The maximum Gasteiger partial charge on any atom is 0.245 e. The lowest BCUT2D eigenvalue weighted by atomic mass is 10.2. The standard InChI is InChI=1S/C19H27N3O3S2/c1-14(2)22(15(3)4)27(23,24)16-7-8-19(20-12-16)21-9-10-25-17(13-21)18-6-5-11-26-18/h5-8,11-12,14-15,17H,9-10,13H2,1-4H3. The second-order valence-electron chi connectivity index (χ2n) is 7.20. The first-order valence-electron chi connectivity index (χ1n) is 9.20. The van der Waals surface area contributed by atoms with Gasteiger partial charge in [0, 0.05) is 29.7 Å². The van der Waals surface area contributed by atoms with Crippen LogP contribution < -0.4 is 4.90 Å². The van der Waals surface area contributed by atoms with Crippen LogP contribution in [-0.4, -0.2) is 49.5 Å². The molecular formula is C19H27N3O3S2. The molecule has 0 amide bonds. The summed E-state index contributed by atoms with van der Waals surface area (Å²) in [6.07, 6.45) is 1.50. The van der Waals surface area contributed by atoms with Gasteiger partial charge in [0.25, 0.3) is 0 Å². The number of rotatable bonds is 6. The Morgan fingerprint density at radius 2 is 1.96 bits per heavy atom. The minimum Gasteiger partial charge on any atom is -0.369 e. The molecule has 1 saturated heterocycles. The van der Waals surface area contributed by atoms with E-state index in [1.807, 2.05) is 39.1 Å². The van der Waals surface area contributed by atoms with Gasteiger partial charge in [-0.2, -0.15) is 4.31 Å². The van der Waals surface area contributed by atoms with Crippen molar-refractivity contribution >= 4 is 27.2 Å². The molecule has 0 aliphatic carbocycles. The van der Waals surface area contributed by atoms with Crippen molar-refractivity contribution in [1.82, 2.24) is 9.29 Å². The van der Waals surface area contributed by atoms with Gasteiger partial charge in [0.15, 0.2) is 0 Å². The molecule has 3 heterocycles. The quantitative estimate of drug-likeness (QED) is 0.730. The van der Waals surface area contributed by atoms with E-state index >= 15 is 0 Å². The zero-order valence-electron chi connectivity index (χ0n) is 16.2. The van der Waals surface area contributed by atoms with E-state index in [1.165, 1.54) is 15.4 Å². The molecule has 1 atom stereocenters. The van der Waals surface area contributed by atoms with Crippen molar-refractivity contribution in [3.8, 4) is 0 Å². The van der Waals surface area contributed by atoms with Crippen LogP contribution in [-0.2, 0) is 14.8 Å². The summed E-state index contributed by atoms with van der Waals surface area (Å²) in [5.74, 6) is 0.777. The molecule has 0 spiro atoms. The van der Waals surface area contributed by atoms with E-state index in [1.54, 1.807) is 23.5 Å². The Kier molecular flexibility index (Phi) is 6.20. The van der Waals surface area contributed by atoms with Gasteiger partial charge in [0.1, 0.15) is 16.8 Å². The molecule has 1 aliphatic rings. The van der Waals surface area contributed by atoms with E-state index in [0.29, 0.717) is 13.2 Å². The van der Waals surface area contributed by atoms with Crippen LogP contribution in [0.3, 0.4) is 0 Å². The summed E-state index contributed by atoms with van der Waals surface area (Å²) >= 11 is 1.68. The molecule has 148 valence electrons. The van der Waals surface area contributed by atoms with Crippen molar-refractivity contribution in [3.05, 3.63) is 40.7 Å². The second kappa shape index (κ2) is 8.26. The number of anilines is 1. The smallest absolute Gasteiger partial charge is 0.245 e. The molecule has 3 rings (SSSR count). The Morgan fingerprint density at radius 1 is 1.22 bits per heavy atom. The molecule has 6 nitrogen and oxygen atoms in total. The van der Waals surface area contributed by atoms with E-state index < -0.39 is 10.0 Å². The van der Waals surface area contributed by atoms with Crippen molar-refractivity contribution in [1.29, 1.82) is 0 Å². The second-order valence-corrected chi connectivity index (χ2v) is 10.0. The fourth-order valence-electron chi connectivity index (χ4n) is 3.49. The lowest BCUT2D eigenvalue weighted by Gasteiger charge is -2.33. The van der Waals surface area contributed by atoms with Crippen LogP contribution in [0, 0.1) is 0 Å². The molecule has 2 aromatic rings. The van der Waals surface area contributed by atoms with Crippen molar-refractivity contribution in [2.45, 2.75) is 50.8 Å². The first-order valence-corrected chi connectivity index (χ1v) is 11.5. The number of hydrogen-bond acceptors (Lipinski definition) is 6. The summed E-state index contributed by atoms with van der Waals surface area (Å²) in [7, 11) is -3.56. The van der Waals surface area contributed by atoms with Crippen LogP contribution in [0.4, 0.5) is 5.82 Å². The third-order valence-electron chi connectivity index (χ3n) is 4.57. The van der Waals surface area contributed by atoms with Crippen LogP contribution in [0.15, 0.2) is 40.7 Å². The summed E-state index contributed by atoms with van der Waals surface area (Å²) in [6.45, 7) is 9.62. The number of sulfonamides is 1. The predicted molar refractivity (Wildman–Crippen MR) is 109 cm³/mol. The number of hydrogen-bond donors (Lipinski definition) is 0. The Labute approximate surface area is 165 Å². The fourth-order valence-corrected chi connectivity index (χ4v) is 6.03. The molecule has 27 heavy (non-hydrogen) atoms. The van der Waals surface area contributed by atoms with Crippen molar-refractivity contribution in [2.75, 3.05) is 24.6 Å². The van der Waals surface area contributed by atoms with Crippen LogP contribution in [0.5, 0.6) is 0 Å². The molecule has 0 N–H and O–H groups in total. The molecule has 0 radical (unpaired) electrons. The maximum absolute atomic E-state index is 13.0. The molecule has 1 fully saturated rings. The predicted octanol–water partition coefficient (Wildman–Crippen LogP) is 3.53. The summed E-state index contributed by atoms with van der Waals surface area (Å²) < 4.78 is 33.3. The maximum atomic E-state index is 13.0. The third-order valence-corrected chi connectivity index (χ3v) is 7.76. The van der Waals surface area contributed by atoms with E-state index in [2.05, 4.69) is 16.0 Å². The van der Waals surface area contributed by atoms with Crippen molar-refractivity contribution in [2.24, 2.45) is 0 Å². The third kappa shape index (κ3) is 4.34. The van der Waals surface area contributed by atoms with Gasteiger partial charge < -0.3 is 9.64 Å². The first-order chi connectivity index (χ1) is 12.8. The van der Waals surface area contributed by atoms with Crippen LogP contribution >= 0.6 is 11.3 Å². The van der Waals surface area contributed by atoms with Gasteiger partial charge >= 0.3 is 0 Å². The zero-order chi connectivity index (χ0) is 19.6. The van der Waals surface area contributed by atoms with Gasteiger partial charge in [0.05, 0.1) is 13.2 Å². The molecule has 1 aliphatic heterocycles. The SMILES string of the molecule is CC(C)N(C(C)C)S(=O)(=O)c1ccc(N2CCOC(c3cccs3)C2)nc1. The van der Waals surface area contributed by atoms with Gasteiger partial charge in [-0.3, -0.25) is 0 Å². The zero-order valence-corrected chi connectivity index (χ0v) is 17.8. The Hall–Kier alpha value is -1.48. The number of nitrogens with zero attached hydrogens (tertiary/aromatic N) is 3. The van der Waals surface area contributed by atoms with Crippen LogP contribution in [0.25, 0.3) is 0 Å². The minimum absolute atomic E-state index is 0.0290.